The SMILES string of the molecule is Cc1ccc(-c2cc(C(=O)N3CCC(Cc4nncn4CC4CC4)CC3)c3ccccc3n2)cc1C. The minimum absolute atomic E-state index is 0.106. The maximum absolute atomic E-state index is 13.8. The predicted molar refractivity (Wildman–Crippen MR) is 142 cm³/mol. The fourth-order valence-corrected chi connectivity index (χ4v) is 5.34. The molecule has 1 saturated carbocycles. The molecule has 4 aromatic rings. The van der Waals surface area contributed by atoms with Crippen LogP contribution in [-0.4, -0.2) is 43.6 Å². The molecule has 0 radical (unpaired) electrons. The Kier molecular flexibility index (Phi) is 6.04. The molecule has 0 bridgehead atoms. The summed E-state index contributed by atoms with van der Waals surface area (Å²) in [5, 5.41) is 9.49. The summed E-state index contributed by atoms with van der Waals surface area (Å²) in [5.41, 5.74) is 5.99. The lowest BCUT2D eigenvalue weighted by atomic mass is 9.92. The molecule has 184 valence electrons. The van der Waals surface area contributed by atoms with Gasteiger partial charge in [0, 0.05) is 37.0 Å². The van der Waals surface area contributed by atoms with Crippen LogP contribution in [0.5, 0.6) is 0 Å². The number of carbonyl (C=O) groups is 1. The molecule has 6 rings (SSSR count). The average Bonchev–Trinajstić information content (AvgIpc) is 3.62. The van der Waals surface area contributed by atoms with Crippen LogP contribution in [0.1, 0.15) is 53.0 Å². The zero-order valence-electron chi connectivity index (χ0n) is 21.2. The van der Waals surface area contributed by atoms with Crippen LogP contribution in [0, 0.1) is 25.7 Å². The number of pyridine rings is 1. The molecule has 2 aromatic carbocycles. The number of benzene rings is 2. The lowest BCUT2D eigenvalue weighted by Crippen LogP contribution is -2.39. The zero-order valence-corrected chi connectivity index (χ0v) is 21.2. The number of piperidine rings is 1. The van der Waals surface area contributed by atoms with E-state index in [1.54, 1.807) is 0 Å². The molecule has 0 atom stereocenters. The van der Waals surface area contributed by atoms with Gasteiger partial charge in [0.2, 0.25) is 0 Å². The third kappa shape index (κ3) is 4.64. The molecular weight excluding hydrogens is 446 g/mol. The van der Waals surface area contributed by atoms with E-state index in [0.29, 0.717) is 5.92 Å². The van der Waals surface area contributed by atoms with Crippen molar-refractivity contribution in [1.29, 1.82) is 0 Å². The van der Waals surface area contributed by atoms with Crippen LogP contribution in [-0.2, 0) is 13.0 Å². The summed E-state index contributed by atoms with van der Waals surface area (Å²) in [4.78, 5) is 20.7. The Morgan fingerprint density at radius 3 is 2.53 bits per heavy atom. The van der Waals surface area contributed by atoms with Crippen LogP contribution in [0.4, 0.5) is 0 Å². The highest BCUT2D eigenvalue weighted by molar-refractivity contribution is 6.07. The van der Waals surface area contributed by atoms with Crippen molar-refractivity contribution in [2.24, 2.45) is 11.8 Å². The first-order valence-electron chi connectivity index (χ1n) is 13.2. The highest BCUT2D eigenvalue weighted by Gasteiger charge is 2.28. The van der Waals surface area contributed by atoms with Crippen molar-refractivity contribution in [3.8, 4) is 11.3 Å². The molecule has 1 aliphatic carbocycles. The van der Waals surface area contributed by atoms with Gasteiger partial charge in [-0.15, -0.1) is 10.2 Å². The van der Waals surface area contributed by atoms with E-state index in [4.69, 9.17) is 4.98 Å². The number of aryl methyl sites for hydroxylation is 2. The van der Waals surface area contributed by atoms with Gasteiger partial charge in [-0.2, -0.15) is 0 Å². The van der Waals surface area contributed by atoms with Gasteiger partial charge in [0.1, 0.15) is 12.2 Å². The lowest BCUT2D eigenvalue weighted by Gasteiger charge is -2.32. The highest BCUT2D eigenvalue weighted by Crippen LogP contribution is 2.32. The standard InChI is InChI=1S/C30H33N5O/c1-20-7-10-24(15-21(20)2)28-17-26(25-5-3-4-6-27(25)32-28)30(36)34-13-11-22(12-14-34)16-29-33-31-19-35(29)18-23-8-9-23/h3-7,10,15,17,19,22-23H,8-9,11-14,16,18H2,1-2H3. The molecule has 6 heteroatoms. The Morgan fingerprint density at radius 1 is 0.944 bits per heavy atom. The third-order valence-corrected chi connectivity index (χ3v) is 7.97. The minimum Gasteiger partial charge on any atom is -0.339 e. The van der Waals surface area contributed by atoms with E-state index in [0.717, 1.165) is 78.4 Å². The fraction of sp³-hybridized carbons (Fsp3) is 0.400. The summed E-state index contributed by atoms with van der Waals surface area (Å²) in [6, 6.07) is 16.4. The number of likely N-dealkylation sites (tertiary alicyclic amines) is 1. The number of hydrogen-bond acceptors (Lipinski definition) is 4. The number of nitrogens with zero attached hydrogens (tertiary/aromatic N) is 5. The summed E-state index contributed by atoms with van der Waals surface area (Å²) < 4.78 is 2.24. The smallest absolute Gasteiger partial charge is 0.254 e. The maximum atomic E-state index is 13.8. The first kappa shape index (κ1) is 22.9. The van der Waals surface area contributed by atoms with Gasteiger partial charge in [0.25, 0.3) is 5.91 Å². The number of carbonyl (C=O) groups excluding carboxylic acids is 1. The summed E-state index contributed by atoms with van der Waals surface area (Å²) >= 11 is 0. The predicted octanol–water partition coefficient (Wildman–Crippen LogP) is 5.62. The van der Waals surface area contributed by atoms with Crippen molar-refractivity contribution >= 4 is 16.8 Å². The first-order chi connectivity index (χ1) is 17.5. The lowest BCUT2D eigenvalue weighted by molar-refractivity contribution is 0.0691. The second-order valence-electron chi connectivity index (χ2n) is 10.7. The molecule has 2 aromatic heterocycles. The maximum Gasteiger partial charge on any atom is 0.254 e. The second-order valence-corrected chi connectivity index (χ2v) is 10.7. The summed E-state index contributed by atoms with van der Waals surface area (Å²) in [6.45, 7) is 6.83. The van der Waals surface area contributed by atoms with E-state index < -0.39 is 0 Å². The van der Waals surface area contributed by atoms with Crippen LogP contribution in [0.3, 0.4) is 0 Å². The molecule has 1 aliphatic heterocycles. The van der Waals surface area contributed by atoms with Crippen molar-refractivity contribution in [1.82, 2.24) is 24.6 Å². The Labute approximate surface area is 212 Å². The molecule has 0 N–H and O–H groups in total. The molecule has 2 aliphatic rings. The molecule has 0 spiro atoms. The fourth-order valence-electron chi connectivity index (χ4n) is 5.34. The van der Waals surface area contributed by atoms with E-state index in [2.05, 4.69) is 46.8 Å². The van der Waals surface area contributed by atoms with Crippen LogP contribution in [0.15, 0.2) is 54.9 Å². The van der Waals surface area contributed by atoms with E-state index in [-0.39, 0.29) is 5.91 Å². The molecular formula is C30H33N5O. The molecule has 2 fully saturated rings. The normalized spacial score (nSPS) is 16.6. The monoisotopic (exact) mass is 479 g/mol. The van der Waals surface area contributed by atoms with Gasteiger partial charge in [-0.3, -0.25) is 4.79 Å². The van der Waals surface area contributed by atoms with Gasteiger partial charge < -0.3 is 9.47 Å². The van der Waals surface area contributed by atoms with Gasteiger partial charge in [-0.25, -0.2) is 4.98 Å². The van der Waals surface area contributed by atoms with Crippen LogP contribution in [0.25, 0.3) is 22.2 Å². The van der Waals surface area contributed by atoms with Crippen molar-refractivity contribution < 1.29 is 4.79 Å². The molecule has 0 unspecified atom stereocenters. The van der Waals surface area contributed by atoms with E-state index in [1.165, 1.54) is 24.0 Å². The molecule has 1 amide bonds. The minimum atomic E-state index is 0.106. The van der Waals surface area contributed by atoms with Crippen LogP contribution >= 0.6 is 0 Å². The molecule has 36 heavy (non-hydrogen) atoms. The quantitative estimate of drug-likeness (QED) is 0.360. The van der Waals surface area contributed by atoms with Crippen molar-refractivity contribution in [3.05, 3.63) is 77.4 Å². The van der Waals surface area contributed by atoms with Gasteiger partial charge in [-0.05, 0) is 80.7 Å². The number of amides is 1. The number of aromatic nitrogens is 4. The Morgan fingerprint density at radius 2 is 1.75 bits per heavy atom. The third-order valence-electron chi connectivity index (χ3n) is 7.97. The topological polar surface area (TPSA) is 63.9 Å². The van der Waals surface area contributed by atoms with Crippen LogP contribution in [0.2, 0.25) is 0 Å². The van der Waals surface area contributed by atoms with Crippen molar-refractivity contribution in [2.75, 3.05) is 13.1 Å². The summed E-state index contributed by atoms with van der Waals surface area (Å²) in [6.07, 6.45) is 7.47. The van der Waals surface area contributed by atoms with Gasteiger partial charge in [0.15, 0.2) is 0 Å². The molecule has 6 nitrogen and oxygen atoms in total. The van der Waals surface area contributed by atoms with E-state index >= 15 is 0 Å². The van der Waals surface area contributed by atoms with Crippen LogP contribution < -0.4 is 0 Å². The zero-order chi connectivity index (χ0) is 24.6. The number of rotatable bonds is 6. The van der Waals surface area contributed by atoms with E-state index in [9.17, 15) is 4.79 Å². The van der Waals surface area contributed by atoms with Gasteiger partial charge in [0.05, 0.1) is 16.8 Å². The molecule has 1 saturated heterocycles. The Bertz CT molecular complexity index is 1410. The van der Waals surface area contributed by atoms with Crippen molar-refractivity contribution in [2.45, 2.75) is 52.5 Å². The Hall–Kier alpha value is -3.54. The Balaban J connectivity index is 1.20. The van der Waals surface area contributed by atoms with E-state index in [1.807, 2.05) is 41.6 Å². The van der Waals surface area contributed by atoms with Crippen molar-refractivity contribution in [3.63, 3.8) is 0 Å². The number of hydrogen-bond donors (Lipinski definition) is 0. The largest absolute Gasteiger partial charge is 0.339 e. The summed E-state index contributed by atoms with van der Waals surface area (Å²) in [5.74, 6) is 2.55. The van der Waals surface area contributed by atoms with Gasteiger partial charge in [-0.1, -0.05) is 30.3 Å². The van der Waals surface area contributed by atoms with Gasteiger partial charge >= 0.3 is 0 Å². The number of para-hydroxylation sites is 1. The summed E-state index contributed by atoms with van der Waals surface area (Å²) in [7, 11) is 0. The average molecular weight is 480 g/mol. The molecule has 3 heterocycles. The second kappa shape index (κ2) is 9.49. The number of fused-ring (bicyclic) bond motifs is 1. The first-order valence-corrected chi connectivity index (χ1v) is 13.2. The highest BCUT2D eigenvalue weighted by atomic mass is 16.2.